The van der Waals surface area contributed by atoms with Crippen molar-refractivity contribution >= 4 is 23.4 Å². The van der Waals surface area contributed by atoms with Gasteiger partial charge in [-0.2, -0.15) is 0 Å². The Morgan fingerprint density at radius 2 is 1.79 bits per heavy atom. The van der Waals surface area contributed by atoms with Gasteiger partial charge in [-0.3, -0.25) is 4.79 Å². The molecule has 122 valence electrons. The van der Waals surface area contributed by atoms with Gasteiger partial charge in [0.15, 0.2) is 5.78 Å². The Labute approximate surface area is 143 Å². The van der Waals surface area contributed by atoms with Crippen LogP contribution in [-0.2, 0) is 0 Å². The summed E-state index contributed by atoms with van der Waals surface area (Å²) in [5.74, 6) is -1.61. The zero-order valence-corrected chi connectivity index (χ0v) is 13.3. The number of nitrogens with one attached hydrogen (secondary N) is 2. The van der Waals surface area contributed by atoms with E-state index in [0.29, 0.717) is 10.6 Å². The van der Waals surface area contributed by atoms with E-state index in [2.05, 4.69) is 17.2 Å². The molecule has 6 heteroatoms. The molecule has 2 atom stereocenters. The van der Waals surface area contributed by atoms with Crippen LogP contribution in [0, 0.1) is 11.7 Å². The second kappa shape index (κ2) is 6.45. The summed E-state index contributed by atoms with van der Waals surface area (Å²) >= 11 is 5.85. The predicted octanol–water partition coefficient (Wildman–Crippen LogP) is 3.85. The summed E-state index contributed by atoms with van der Waals surface area (Å²) in [5.41, 5.74) is 0.873. The van der Waals surface area contributed by atoms with Crippen molar-refractivity contribution < 1.29 is 14.0 Å². The van der Waals surface area contributed by atoms with Crippen LogP contribution in [0.2, 0.25) is 5.02 Å². The van der Waals surface area contributed by atoms with Crippen LogP contribution in [0.3, 0.4) is 0 Å². The number of halogens is 2. The molecule has 0 radical (unpaired) electrons. The molecule has 1 saturated heterocycles. The molecule has 2 aromatic rings. The Balaban J connectivity index is 2.02. The van der Waals surface area contributed by atoms with Crippen LogP contribution in [0.1, 0.15) is 22.0 Å². The van der Waals surface area contributed by atoms with E-state index in [0.717, 1.165) is 0 Å². The normalized spacial score (nSPS) is 20.2. The fourth-order valence-corrected chi connectivity index (χ4v) is 2.90. The molecule has 0 aromatic heterocycles. The maximum Gasteiger partial charge on any atom is 0.319 e. The lowest BCUT2D eigenvalue weighted by molar-refractivity contribution is 0.0904. The number of hydrogen-bond donors (Lipinski definition) is 2. The summed E-state index contributed by atoms with van der Waals surface area (Å²) < 4.78 is 14.2. The second-order valence-corrected chi connectivity index (χ2v) is 5.91. The lowest BCUT2D eigenvalue weighted by atomic mass is 9.83. The van der Waals surface area contributed by atoms with E-state index >= 15 is 0 Å². The minimum absolute atomic E-state index is 0.229. The van der Waals surface area contributed by atoms with Crippen molar-refractivity contribution in [1.82, 2.24) is 10.6 Å². The van der Waals surface area contributed by atoms with Gasteiger partial charge in [0.05, 0.1) is 12.0 Å². The molecule has 0 aliphatic carbocycles. The number of urea groups is 1. The highest BCUT2D eigenvalue weighted by molar-refractivity contribution is 6.30. The van der Waals surface area contributed by atoms with E-state index in [4.69, 9.17) is 11.6 Å². The van der Waals surface area contributed by atoms with Gasteiger partial charge in [0.25, 0.3) is 0 Å². The van der Waals surface area contributed by atoms with E-state index in [1.54, 1.807) is 42.5 Å². The molecule has 0 unspecified atom stereocenters. The SMILES string of the molecule is C=C1NC(=O)N[C@@H](c2ccccc2F)[C@H]1C(=O)c1ccc(Cl)cc1. The van der Waals surface area contributed by atoms with Crippen LogP contribution in [0.25, 0.3) is 0 Å². The topological polar surface area (TPSA) is 58.2 Å². The molecule has 1 aliphatic heterocycles. The molecule has 3 rings (SSSR count). The number of Topliss-reactive ketones (excluding diaryl/α,β-unsaturated/α-hetero) is 1. The third-order valence-electron chi connectivity index (χ3n) is 3.92. The van der Waals surface area contributed by atoms with Crippen molar-refractivity contribution in [3.63, 3.8) is 0 Å². The Hall–Kier alpha value is -2.66. The highest BCUT2D eigenvalue weighted by atomic mass is 35.5. The lowest BCUT2D eigenvalue weighted by Crippen LogP contribution is -2.51. The molecule has 4 nitrogen and oxygen atoms in total. The quantitative estimate of drug-likeness (QED) is 0.831. The molecule has 1 aliphatic rings. The Morgan fingerprint density at radius 3 is 2.46 bits per heavy atom. The van der Waals surface area contributed by atoms with Crippen molar-refractivity contribution in [1.29, 1.82) is 0 Å². The van der Waals surface area contributed by atoms with Crippen molar-refractivity contribution in [2.75, 3.05) is 0 Å². The van der Waals surface area contributed by atoms with E-state index in [1.807, 2.05) is 0 Å². The molecule has 24 heavy (non-hydrogen) atoms. The monoisotopic (exact) mass is 344 g/mol. The van der Waals surface area contributed by atoms with Crippen molar-refractivity contribution in [3.05, 3.63) is 82.8 Å². The highest BCUT2D eigenvalue weighted by Crippen LogP contribution is 2.33. The third kappa shape index (κ3) is 3.03. The number of rotatable bonds is 3. The number of ketones is 1. The summed E-state index contributed by atoms with van der Waals surface area (Å²) in [7, 11) is 0. The van der Waals surface area contributed by atoms with Crippen LogP contribution >= 0.6 is 11.6 Å². The first-order chi connectivity index (χ1) is 11.5. The Morgan fingerprint density at radius 1 is 1.12 bits per heavy atom. The first kappa shape index (κ1) is 16.2. The molecule has 0 spiro atoms. The van der Waals surface area contributed by atoms with Gasteiger partial charge in [-0.25, -0.2) is 9.18 Å². The van der Waals surface area contributed by atoms with Crippen LogP contribution in [-0.4, -0.2) is 11.8 Å². The zero-order valence-electron chi connectivity index (χ0n) is 12.6. The summed E-state index contributed by atoms with van der Waals surface area (Å²) in [6.45, 7) is 3.77. The average Bonchev–Trinajstić information content (AvgIpc) is 2.55. The summed E-state index contributed by atoms with van der Waals surface area (Å²) in [6.07, 6.45) is 0. The molecule has 2 aromatic carbocycles. The van der Waals surface area contributed by atoms with E-state index in [9.17, 15) is 14.0 Å². The first-order valence-electron chi connectivity index (χ1n) is 7.28. The van der Waals surface area contributed by atoms with Crippen molar-refractivity contribution in [2.45, 2.75) is 6.04 Å². The summed E-state index contributed by atoms with van der Waals surface area (Å²) in [6, 6.07) is 11.1. The van der Waals surface area contributed by atoms with Gasteiger partial charge in [-0.15, -0.1) is 0 Å². The first-order valence-corrected chi connectivity index (χ1v) is 7.65. The summed E-state index contributed by atoms with van der Waals surface area (Å²) in [5, 5.41) is 5.62. The van der Waals surface area contributed by atoms with Gasteiger partial charge in [-0.1, -0.05) is 36.4 Å². The van der Waals surface area contributed by atoms with Gasteiger partial charge in [0.1, 0.15) is 5.82 Å². The fourth-order valence-electron chi connectivity index (χ4n) is 2.77. The van der Waals surface area contributed by atoms with E-state index < -0.39 is 23.8 Å². The fraction of sp³-hybridized carbons (Fsp3) is 0.111. The minimum Gasteiger partial charge on any atom is -0.330 e. The molecular weight excluding hydrogens is 331 g/mol. The number of benzene rings is 2. The predicted molar refractivity (Wildman–Crippen MR) is 89.2 cm³/mol. The molecular formula is C18H14ClFN2O2. The molecule has 1 fully saturated rings. The third-order valence-corrected chi connectivity index (χ3v) is 4.17. The molecule has 0 saturated carbocycles. The summed E-state index contributed by atoms with van der Waals surface area (Å²) in [4.78, 5) is 24.7. The van der Waals surface area contributed by atoms with Crippen LogP contribution < -0.4 is 10.6 Å². The molecule has 0 bridgehead atoms. The lowest BCUT2D eigenvalue weighted by Gasteiger charge is -2.34. The van der Waals surface area contributed by atoms with Crippen molar-refractivity contribution in [2.24, 2.45) is 5.92 Å². The molecule has 1 heterocycles. The van der Waals surface area contributed by atoms with E-state index in [1.165, 1.54) is 6.07 Å². The maximum atomic E-state index is 14.2. The van der Waals surface area contributed by atoms with Gasteiger partial charge < -0.3 is 10.6 Å². The van der Waals surface area contributed by atoms with Crippen LogP contribution in [0.15, 0.2) is 60.8 Å². The second-order valence-electron chi connectivity index (χ2n) is 5.47. The number of amides is 2. The number of carbonyl (C=O) groups excluding carboxylic acids is 2. The smallest absolute Gasteiger partial charge is 0.319 e. The standard InChI is InChI=1S/C18H14ClFN2O2/c1-10-15(17(23)11-6-8-12(19)9-7-11)16(22-18(24)21-10)13-4-2-3-5-14(13)20/h2-9,15-16H,1H2,(H2,21,22,24)/t15-,16-/m0/s1. The van der Waals surface area contributed by atoms with Gasteiger partial charge >= 0.3 is 6.03 Å². The molecule has 2 N–H and O–H groups in total. The maximum absolute atomic E-state index is 14.2. The minimum atomic E-state index is -0.837. The Kier molecular flexibility index (Phi) is 4.36. The van der Waals surface area contributed by atoms with Crippen molar-refractivity contribution in [3.8, 4) is 0 Å². The number of carbonyl (C=O) groups is 2. The van der Waals surface area contributed by atoms with Gasteiger partial charge in [0, 0.05) is 21.8 Å². The highest BCUT2D eigenvalue weighted by Gasteiger charge is 2.39. The van der Waals surface area contributed by atoms with Gasteiger partial charge in [0.2, 0.25) is 0 Å². The largest absolute Gasteiger partial charge is 0.330 e. The molecule has 2 amide bonds. The Bertz CT molecular complexity index is 820. The van der Waals surface area contributed by atoms with Crippen LogP contribution in [0.5, 0.6) is 0 Å². The van der Waals surface area contributed by atoms with Gasteiger partial charge in [-0.05, 0) is 30.3 Å². The van der Waals surface area contributed by atoms with Crippen LogP contribution in [0.4, 0.5) is 9.18 Å². The van der Waals surface area contributed by atoms with E-state index in [-0.39, 0.29) is 17.0 Å². The average molecular weight is 345 g/mol. The number of hydrogen-bond acceptors (Lipinski definition) is 2. The zero-order chi connectivity index (χ0) is 17.3.